The first-order valence-electron chi connectivity index (χ1n) is 11.0. The molecule has 2 aliphatic heterocycles. The summed E-state index contributed by atoms with van der Waals surface area (Å²) in [5, 5.41) is 11.9. The number of amides is 1. The van der Waals surface area contributed by atoms with Crippen LogP contribution in [0, 0.1) is 12.8 Å². The number of hydrogen-bond acceptors (Lipinski definition) is 6. The average Bonchev–Trinajstić information content (AvgIpc) is 3.31. The number of fused-ring (bicyclic) bond motifs is 1. The van der Waals surface area contributed by atoms with Gasteiger partial charge in [-0.15, -0.1) is 10.2 Å². The van der Waals surface area contributed by atoms with Gasteiger partial charge in [0.05, 0.1) is 5.69 Å². The van der Waals surface area contributed by atoms with E-state index in [9.17, 15) is 4.79 Å². The van der Waals surface area contributed by atoms with E-state index in [1.165, 1.54) is 5.56 Å². The molecular formula is C25H26N4O3. The second-order valence-electron chi connectivity index (χ2n) is 8.31. The molecule has 0 aliphatic carbocycles. The second-order valence-corrected chi connectivity index (χ2v) is 8.31. The number of aryl methyl sites for hydroxylation is 1. The maximum atomic E-state index is 12.7. The van der Waals surface area contributed by atoms with Crippen LogP contribution in [0.4, 0.5) is 5.82 Å². The Morgan fingerprint density at radius 1 is 1.00 bits per heavy atom. The molecule has 0 radical (unpaired) electrons. The first-order valence-corrected chi connectivity index (χ1v) is 11.0. The van der Waals surface area contributed by atoms with Gasteiger partial charge in [-0.3, -0.25) is 4.79 Å². The Balaban J connectivity index is 1.13. The molecule has 1 fully saturated rings. The highest BCUT2D eigenvalue weighted by molar-refractivity contribution is 5.79. The lowest BCUT2D eigenvalue weighted by molar-refractivity contribution is -0.125. The number of ether oxygens (including phenoxy) is 2. The van der Waals surface area contributed by atoms with Gasteiger partial charge in [0.25, 0.3) is 0 Å². The van der Waals surface area contributed by atoms with Crippen LogP contribution in [0.5, 0.6) is 11.5 Å². The number of benzene rings is 2. The number of aromatic nitrogens is 2. The van der Waals surface area contributed by atoms with Gasteiger partial charge in [-0.25, -0.2) is 0 Å². The summed E-state index contributed by atoms with van der Waals surface area (Å²) in [5.41, 5.74) is 4.16. The summed E-state index contributed by atoms with van der Waals surface area (Å²) in [7, 11) is 0. The van der Waals surface area contributed by atoms with E-state index >= 15 is 0 Å². The molecule has 1 amide bonds. The molecule has 7 heteroatoms. The number of carbonyl (C=O) groups excluding carboxylic acids is 1. The summed E-state index contributed by atoms with van der Waals surface area (Å²) < 4.78 is 10.7. The molecule has 1 N–H and O–H groups in total. The van der Waals surface area contributed by atoms with Gasteiger partial charge >= 0.3 is 0 Å². The molecule has 0 unspecified atom stereocenters. The molecule has 5 rings (SSSR count). The molecule has 3 heterocycles. The highest BCUT2D eigenvalue weighted by atomic mass is 16.7. The lowest BCUT2D eigenvalue weighted by Crippen LogP contribution is -2.40. The zero-order valence-corrected chi connectivity index (χ0v) is 18.1. The topological polar surface area (TPSA) is 76.6 Å². The van der Waals surface area contributed by atoms with Crippen LogP contribution in [0.1, 0.15) is 24.0 Å². The van der Waals surface area contributed by atoms with Crippen LogP contribution in [0.25, 0.3) is 11.3 Å². The monoisotopic (exact) mass is 430 g/mol. The number of anilines is 1. The molecule has 2 aliphatic rings. The summed E-state index contributed by atoms with van der Waals surface area (Å²) in [6.45, 7) is 4.39. The van der Waals surface area contributed by atoms with Crippen molar-refractivity contribution in [1.82, 2.24) is 15.5 Å². The lowest BCUT2D eigenvalue weighted by Gasteiger charge is -2.31. The fourth-order valence-electron chi connectivity index (χ4n) is 4.13. The van der Waals surface area contributed by atoms with Crippen molar-refractivity contribution in [3.05, 3.63) is 65.7 Å². The molecule has 0 spiro atoms. The van der Waals surface area contributed by atoms with E-state index in [4.69, 9.17) is 9.47 Å². The number of piperidine rings is 1. The minimum Gasteiger partial charge on any atom is -0.454 e. The van der Waals surface area contributed by atoms with E-state index in [-0.39, 0.29) is 18.6 Å². The Morgan fingerprint density at radius 2 is 1.78 bits per heavy atom. The third kappa shape index (κ3) is 4.37. The fraction of sp³-hybridized carbons (Fsp3) is 0.320. The van der Waals surface area contributed by atoms with Gasteiger partial charge in [-0.1, -0.05) is 35.9 Å². The van der Waals surface area contributed by atoms with Crippen molar-refractivity contribution in [1.29, 1.82) is 0 Å². The van der Waals surface area contributed by atoms with Gasteiger partial charge in [0, 0.05) is 31.1 Å². The first kappa shape index (κ1) is 20.3. The van der Waals surface area contributed by atoms with Gasteiger partial charge in [-0.2, -0.15) is 0 Å². The summed E-state index contributed by atoms with van der Waals surface area (Å²) >= 11 is 0. The SMILES string of the molecule is Cc1ccc(-c2ccc(N3CCC(C(=O)NCc4ccc5c(c4)OCO5)CC3)nn2)cc1. The van der Waals surface area contributed by atoms with Crippen molar-refractivity contribution in [2.75, 3.05) is 24.8 Å². The van der Waals surface area contributed by atoms with Gasteiger partial charge in [0.2, 0.25) is 12.7 Å². The lowest BCUT2D eigenvalue weighted by atomic mass is 9.96. The third-order valence-corrected chi connectivity index (χ3v) is 6.09. The highest BCUT2D eigenvalue weighted by Crippen LogP contribution is 2.32. The van der Waals surface area contributed by atoms with E-state index in [1.807, 2.05) is 30.3 Å². The van der Waals surface area contributed by atoms with Crippen molar-refractivity contribution < 1.29 is 14.3 Å². The average molecular weight is 431 g/mol. The second kappa shape index (κ2) is 8.86. The zero-order chi connectivity index (χ0) is 21.9. The summed E-state index contributed by atoms with van der Waals surface area (Å²) in [5.74, 6) is 2.46. The normalized spacial score (nSPS) is 15.6. The van der Waals surface area contributed by atoms with Crippen molar-refractivity contribution in [2.24, 2.45) is 5.92 Å². The number of nitrogens with zero attached hydrogens (tertiary/aromatic N) is 3. The smallest absolute Gasteiger partial charge is 0.231 e. The van der Waals surface area contributed by atoms with Crippen LogP contribution in [0.3, 0.4) is 0 Å². The molecule has 164 valence electrons. The Labute approximate surface area is 187 Å². The van der Waals surface area contributed by atoms with E-state index in [2.05, 4.69) is 51.6 Å². The quantitative estimate of drug-likeness (QED) is 0.665. The molecule has 0 saturated carbocycles. The number of carbonyl (C=O) groups is 1. The molecular weight excluding hydrogens is 404 g/mol. The maximum Gasteiger partial charge on any atom is 0.231 e. The number of hydrogen-bond donors (Lipinski definition) is 1. The van der Waals surface area contributed by atoms with E-state index < -0.39 is 0 Å². The minimum atomic E-state index is 0.0139. The molecule has 1 saturated heterocycles. The van der Waals surface area contributed by atoms with Gasteiger partial charge < -0.3 is 19.7 Å². The molecule has 2 aromatic carbocycles. The van der Waals surface area contributed by atoms with Crippen LogP contribution in [0.15, 0.2) is 54.6 Å². The highest BCUT2D eigenvalue weighted by Gasteiger charge is 2.26. The molecule has 0 bridgehead atoms. The number of rotatable bonds is 5. The van der Waals surface area contributed by atoms with Crippen LogP contribution >= 0.6 is 0 Å². The van der Waals surface area contributed by atoms with Crippen LogP contribution < -0.4 is 19.7 Å². The van der Waals surface area contributed by atoms with Gasteiger partial charge in [0.15, 0.2) is 17.3 Å². The van der Waals surface area contributed by atoms with Crippen molar-refractivity contribution in [2.45, 2.75) is 26.3 Å². The van der Waals surface area contributed by atoms with Crippen molar-refractivity contribution in [3.63, 3.8) is 0 Å². The molecule has 1 aromatic heterocycles. The van der Waals surface area contributed by atoms with E-state index in [1.54, 1.807) is 0 Å². The van der Waals surface area contributed by atoms with Gasteiger partial charge in [0.1, 0.15) is 0 Å². The zero-order valence-electron chi connectivity index (χ0n) is 18.1. The van der Waals surface area contributed by atoms with Crippen LogP contribution in [0.2, 0.25) is 0 Å². The Kier molecular flexibility index (Phi) is 5.62. The molecule has 32 heavy (non-hydrogen) atoms. The third-order valence-electron chi connectivity index (χ3n) is 6.09. The van der Waals surface area contributed by atoms with Crippen molar-refractivity contribution >= 4 is 11.7 Å². The van der Waals surface area contributed by atoms with E-state index in [0.717, 1.165) is 60.1 Å². The van der Waals surface area contributed by atoms with Crippen LogP contribution in [-0.2, 0) is 11.3 Å². The van der Waals surface area contributed by atoms with Crippen molar-refractivity contribution in [3.8, 4) is 22.8 Å². The summed E-state index contributed by atoms with van der Waals surface area (Å²) in [6, 6.07) is 18.1. The Hall–Kier alpha value is -3.61. The minimum absolute atomic E-state index is 0.0139. The standard InChI is InChI=1S/C25H26N4O3/c1-17-2-5-19(6-3-17)21-7-9-24(28-27-21)29-12-10-20(11-13-29)25(30)26-15-18-4-8-22-23(14-18)32-16-31-22/h2-9,14,20H,10-13,15-16H2,1H3,(H,26,30). The molecule has 7 nitrogen and oxygen atoms in total. The Morgan fingerprint density at radius 3 is 2.53 bits per heavy atom. The Bertz CT molecular complexity index is 1090. The predicted octanol–water partition coefficient (Wildman–Crippen LogP) is 3.71. The van der Waals surface area contributed by atoms with Crippen LogP contribution in [-0.4, -0.2) is 36.0 Å². The van der Waals surface area contributed by atoms with E-state index in [0.29, 0.717) is 6.54 Å². The van der Waals surface area contributed by atoms with Gasteiger partial charge in [-0.05, 0) is 49.6 Å². The number of nitrogens with one attached hydrogen (secondary N) is 1. The summed E-state index contributed by atoms with van der Waals surface area (Å²) in [6.07, 6.45) is 1.60. The summed E-state index contributed by atoms with van der Waals surface area (Å²) in [4.78, 5) is 14.9. The predicted molar refractivity (Wildman–Crippen MR) is 122 cm³/mol. The molecule has 3 aromatic rings. The largest absolute Gasteiger partial charge is 0.454 e. The fourth-order valence-corrected chi connectivity index (χ4v) is 4.13. The maximum absolute atomic E-state index is 12.7. The first-order chi connectivity index (χ1) is 15.7. The molecule has 0 atom stereocenters.